The summed E-state index contributed by atoms with van der Waals surface area (Å²) >= 11 is 0. The molecule has 1 unspecified atom stereocenters. The Kier molecular flexibility index (Phi) is 3.78. The molecule has 0 aromatic carbocycles. The quantitative estimate of drug-likeness (QED) is 0.625. The molecule has 0 aliphatic heterocycles. The minimum absolute atomic E-state index is 0.107. The van der Waals surface area contributed by atoms with Gasteiger partial charge in [0.2, 0.25) is 0 Å². The molecule has 2 N–H and O–H groups in total. The third kappa shape index (κ3) is 2.66. The Bertz CT molecular complexity index is 618. The van der Waals surface area contributed by atoms with Gasteiger partial charge in [-0.2, -0.15) is 5.10 Å². The first-order chi connectivity index (χ1) is 9.52. The fourth-order valence-electron chi connectivity index (χ4n) is 1.81. The van der Waals surface area contributed by atoms with Crippen molar-refractivity contribution < 1.29 is 9.72 Å². The van der Waals surface area contributed by atoms with Crippen molar-refractivity contribution in [3.8, 4) is 0 Å². The Morgan fingerprint density at radius 3 is 2.95 bits per heavy atom. The van der Waals surface area contributed by atoms with Crippen molar-refractivity contribution in [1.29, 1.82) is 0 Å². The summed E-state index contributed by atoms with van der Waals surface area (Å²) in [5, 5.41) is 19.8. The van der Waals surface area contributed by atoms with E-state index in [1.165, 1.54) is 23.2 Å². The van der Waals surface area contributed by atoms with Crippen LogP contribution in [0.1, 0.15) is 36.2 Å². The molecule has 2 aromatic heterocycles. The minimum Gasteiger partial charge on any atom is -0.341 e. The summed E-state index contributed by atoms with van der Waals surface area (Å²) in [5.74, 6) is 0.117. The lowest BCUT2D eigenvalue weighted by molar-refractivity contribution is -0.384. The molecule has 2 rings (SSSR count). The van der Waals surface area contributed by atoms with Crippen LogP contribution in [0.15, 0.2) is 18.6 Å². The zero-order valence-electron chi connectivity index (χ0n) is 11.0. The zero-order chi connectivity index (χ0) is 14.7. The third-order valence-corrected chi connectivity index (χ3v) is 2.86. The fraction of sp³-hybridized carbons (Fsp3) is 0.364. The molecule has 2 heterocycles. The van der Waals surface area contributed by atoms with Gasteiger partial charge in [0, 0.05) is 12.6 Å². The molecular formula is C11H14N6O3. The zero-order valence-corrected chi connectivity index (χ0v) is 11.0. The number of aryl methyl sites for hydroxylation is 1. The average molecular weight is 278 g/mol. The van der Waals surface area contributed by atoms with E-state index < -0.39 is 10.8 Å². The van der Waals surface area contributed by atoms with E-state index in [0.717, 1.165) is 0 Å². The second-order valence-electron chi connectivity index (χ2n) is 4.19. The van der Waals surface area contributed by atoms with Gasteiger partial charge in [0.15, 0.2) is 0 Å². The highest BCUT2D eigenvalue weighted by atomic mass is 16.6. The Morgan fingerprint density at radius 1 is 1.65 bits per heavy atom. The molecule has 0 fully saturated rings. The van der Waals surface area contributed by atoms with Crippen LogP contribution in [0.4, 0.5) is 5.69 Å². The highest BCUT2D eigenvalue weighted by Gasteiger charge is 2.20. The van der Waals surface area contributed by atoms with Gasteiger partial charge in [-0.1, -0.05) is 0 Å². The normalized spacial score (nSPS) is 12.1. The van der Waals surface area contributed by atoms with Gasteiger partial charge < -0.3 is 9.88 Å². The number of rotatable bonds is 5. The number of hydrogen-bond acceptors (Lipinski definition) is 5. The fourth-order valence-corrected chi connectivity index (χ4v) is 1.81. The van der Waals surface area contributed by atoms with Crippen LogP contribution < -0.4 is 5.32 Å². The predicted molar refractivity (Wildman–Crippen MR) is 69.0 cm³/mol. The molecule has 0 saturated carbocycles. The van der Waals surface area contributed by atoms with Crippen LogP contribution in [-0.4, -0.2) is 30.6 Å². The van der Waals surface area contributed by atoms with E-state index in [-0.39, 0.29) is 17.4 Å². The van der Waals surface area contributed by atoms with Crippen LogP contribution in [-0.2, 0) is 6.54 Å². The lowest BCUT2D eigenvalue weighted by atomic mass is 10.3. The number of nitro groups is 1. The highest BCUT2D eigenvalue weighted by molar-refractivity contribution is 5.93. The van der Waals surface area contributed by atoms with E-state index in [1.807, 2.05) is 0 Å². The van der Waals surface area contributed by atoms with Crippen molar-refractivity contribution in [1.82, 2.24) is 25.1 Å². The van der Waals surface area contributed by atoms with Gasteiger partial charge in [0.25, 0.3) is 11.6 Å². The molecule has 2 aromatic rings. The molecule has 0 bridgehead atoms. The Hall–Kier alpha value is -2.71. The maximum Gasteiger partial charge on any atom is 0.287 e. The van der Waals surface area contributed by atoms with Crippen molar-refractivity contribution in [3.63, 3.8) is 0 Å². The van der Waals surface area contributed by atoms with Crippen LogP contribution in [0.3, 0.4) is 0 Å². The average Bonchev–Trinajstić information content (AvgIpc) is 3.07. The largest absolute Gasteiger partial charge is 0.341 e. The number of carbonyl (C=O) groups is 1. The molecule has 0 saturated heterocycles. The summed E-state index contributed by atoms with van der Waals surface area (Å²) in [6.07, 6.45) is 2.69. The number of nitrogens with one attached hydrogen (secondary N) is 2. The number of aromatic nitrogens is 4. The highest BCUT2D eigenvalue weighted by Crippen LogP contribution is 2.17. The third-order valence-electron chi connectivity index (χ3n) is 2.86. The molecule has 20 heavy (non-hydrogen) atoms. The molecule has 1 amide bonds. The van der Waals surface area contributed by atoms with E-state index in [0.29, 0.717) is 12.4 Å². The van der Waals surface area contributed by atoms with E-state index in [2.05, 4.69) is 20.5 Å². The standard InChI is InChI=1S/C11H14N6O3/c1-3-16-5-8(17(19)20)4-9(16)11(18)14-7(2)10-12-6-13-15-10/h4-7H,3H2,1-2H3,(H,14,18)(H,12,13,15). The number of hydrogen-bond donors (Lipinski definition) is 2. The summed E-state index contributed by atoms with van der Waals surface area (Å²) in [5.41, 5.74) is 0.134. The second kappa shape index (κ2) is 5.51. The SMILES string of the molecule is CCn1cc([N+](=O)[O-])cc1C(=O)NC(C)c1ncn[nH]1. The number of carbonyl (C=O) groups excluding carboxylic acids is 1. The molecule has 9 heteroatoms. The lowest BCUT2D eigenvalue weighted by Crippen LogP contribution is -2.29. The molecule has 106 valence electrons. The molecule has 0 aliphatic carbocycles. The van der Waals surface area contributed by atoms with Gasteiger partial charge in [-0.05, 0) is 13.8 Å². The van der Waals surface area contributed by atoms with Crippen molar-refractivity contribution in [3.05, 3.63) is 40.2 Å². The van der Waals surface area contributed by atoms with Crippen LogP contribution >= 0.6 is 0 Å². The summed E-state index contributed by atoms with van der Waals surface area (Å²) in [6.45, 7) is 4.01. The van der Waals surface area contributed by atoms with Crippen LogP contribution in [0.2, 0.25) is 0 Å². The summed E-state index contributed by atoms with van der Waals surface area (Å²) in [4.78, 5) is 26.3. The van der Waals surface area contributed by atoms with Crippen molar-refractivity contribution >= 4 is 11.6 Å². The predicted octanol–water partition coefficient (Wildman–Crippen LogP) is 1.03. The Labute approximate surface area is 114 Å². The Balaban J connectivity index is 2.18. The maximum absolute atomic E-state index is 12.1. The first-order valence-electron chi connectivity index (χ1n) is 6.03. The minimum atomic E-state index is -0.525. The van der Waals surface area contributed by atoms with Crippen molar-refractivity contribution in [2.24, 2.45) is 0 Å². The number of aromatic amines is 1. The number of nitrogens with zero attached hydrogens (tertiary/aromatic N) is 4. The molecular weight excluding hydrogens is 264 g/mol. The van der Waals surface area contributed by atoms with Gasteiger partial charge in [0.1, 0.15) is 17.8 Å². The van der Waals surface area contributed by atoms with E-state index in [4.69, 9.17) is 0 Å². The van der Waals surface area contributed by atoms with Gasteiger partial charge in [0.05, 0.1) is 17.2 Å². The lowest BCUT2D eigenvalue weighted by Gasteiger charge is -2.11. The molecule has 9 nitrogen and oxygen atoms in total. The van der Waals surface area contributed by atoms with Crippen LogP contribution in [0.5, 0.6) is 0 Å². The molecule has 0 aliphatic rings. The van der Waals surface area contributed by atoms with Gasteiger partial charge in [-0.25, -0.2) is 4.98 Å². The van der Waals surface area contributed by atoms with Crippen molar-refractivity contribution in [2.75, 3.05) is 0 Å². The number of H-pyrrole nitrogens is 1. The topological polar surface area (TPSA) is 119 Å². The maximum atomic E-state index is 12.1. The second-order valence-corrected chi connectivity index (χ2v) is 4.19. The van der Waals surface area contributed by atoms with E-state index >= 15 is 0 Å². The summed E-state index contributed by atoms with van der Waals surface area (Å²) in [7, 11) is 0. The van der Waals surface area contributed by atoms with Gasteiger partial charge in [-0.3, -0.25) is 20.0 Å². The Morgan fingerprint density at radius 2 is 2.40 bits per heavy atom. The first-order valence-corrected chi connectivity index (χ1v) is 6.03. The van der Waals surface area contributed by atoms with E-state index in [1.54, 1.807) is 13.8 Å². The smallest absolute Gasteiger partial charge is 0.287 e. The van der Waals surface area contributed by atoms with Crippen molar-refractivity contribution in [2.45, 2.75) is 26.4 Å². The van der Waals surface area contributed by atoms with Gasteiger partial charge >= 0.3 is 0 Å². The van der Waals surface area contributed by atoms with Gasteiger partial charge in [-0.15, -0.1) is 0 Å². The summed E-state index contributed by atoms with van der Waals surface area (Å²) < 4.78 is 1.53. The first kappa shape index (κ1) is 13.7. The van der Waals surface area contributed by atoms with Crippen LogP contribution in [0.25, 0.3) is 0 Å². The summed E-state index contributed by atoms with van der Waals surface area (Å²) in [6, 6.07) is 0.885. The van der Waals surface area contributed by atoms with Crippen LogP contribution in [0, 0.1) is 10.1 Å². The molecule has 0 spiro atoms. The number of amides is 1. The molecule has 0 radical (unpaired) electrons. The molecule has 1 atom stereocenters. The van der Waals surface area contributed by atoms with E-state index in [9.17, 15) is 14.9 Å². The monoisotopic (exact) mass is 278 g/mol.